The average molecular weight is 228 g/mol. The summed E-state index contributed by atoms with van der Waals surface area (Å²) in [6.45, 7) is 3.82. The first kappa shape index (κ1) is 9.96. The Labute approximate surface area is 97.5 Å². The Morgan fingerprint density at radius 1 is 1.18 bits per heavy atom. The number of fused-ring (bicyclic) bond motifs is 1. The molecule has 4 heteroatoms. The summed E-state index contributed by atoms with van der Waals surface area (Å²) in [5.41, 5.74) is 2.56. The van der Waals surface area contributed by atoms with E-state index < -0.39 is 0 Å². The number of nitrogens with one attached hydrogen (secondary N) is 1. The van der Waals surface area contributed by atoms with Gasteiger partial charge in [-0.3, -0.25) is 0 Å². The summed E-state index contributed by atoms with van der Waals surface area (Å²) >= 11 is 0. The van der Waals surface area contributed by atoms with Crippen molar-refractivity contribution in [1.29, 1.82) is 0 Å². The van der Waals surface area contributed by atoms with Crippen molar-refractivity contribution in [3.05, 3.63) is 52.1 Å². The molecule has 0 unspecified atom stereocenters. The molecule has 0 aliphatic rings. The molecule has 0 fully saturated rings. The number of hydrogen-bond donors (Lipinski definition) is 1. The Kier molecular flexibility index (Phi) is 1.98. The van der Waals surface area contributed by atoms with Crippen LogP contribution in [0.25, 0.3) is 16.9 Å². The van der Waals surface area contributed by atoms with Crippen molar-refractivity contribution in [1.82, 2.24) is 9.55 Å². The molecule has 1 N–H and O–H groups in total. The molecule has 0 aliphatic carbocycles. The quantitative estimate of drug-likeness (QED) is 0.695. The highest BCUT2D eigenvalue weighted by Gasteiger charge is 2.12. The van der Waals surface area contributed by atoms with Crippen LogP contribution >= 0.6 is 0 Å². The molecule has 4 nitrogen and oxygen atoms in total. The standard InChI is InChI=1S/C13H12N2O2/c1-8-4-3-5-10-12(8)14-13(16)15(10)11-7-6-9(2)17-11/h3-7H,1-2H3,(H,14,16). The SMILES string of the molecule is Cc1ccc(-n2c(=O)[nH]c3c(C)cccc32)o1. The van der Waals surface area contributed by atoms with E-state index in [-0.39, 0.29) is 5.69 Å². The highest BCUT2D eigenvalue weighted by molar-refractivity contribution is 5.80. The molecular formula is C13H12N2O2. The Hall–Kier alpha value is -2.23. The summed E-state index contributed by atoms with van der Waals surface area (Å²) in [7, 11) is 0. The molecule has 3 rings (SSSR count). The fourth-order valence-electron chi connectivity index (χ4n) is 2.03. The van der Waals surface area contributed by atoms with Crippen molar-refractivity contribution < 1.29 is 4.42 Å². The van der Waals surface area contributed by atoms with Crippen LogP contribution in [-0.2, 0) is 0 Å². The van der Waals surface area contributed by atoms with Crippen molar-refractivity contribution in [3.63, 3.8) is 0 Å². The minimum atomic E-state index is -0.177. The summed E-state index contributed by atoms with van der Waals surface area (Å²) in [6.07, 6.45) is 0. The van der Waals surface area contributed by atoms with Gasteiger partial charge in [-0.1, -0.05) is 12.1 Å². The molecule has 2 heterocycles. The maximum atomic E-state index is 11.9. The van der Waals surface area contributed by atoms with Crippen molar-refractivity contribution in [2.75, 3.05) is 0 Å². The van der Waals surface area contributed by atoms with Crippen LogP contribution in [0.5, 0.6) is 0 Å². The second kappa shape index (κ2) is 3.38. The Morgan fingerprint density at radius 2 is 2.00 bits per heavy atom. The molecule has 0 saturated carbocycles. The molecule has 0 radical (unpaired) electrons. The molecule has 1 aromatic carbocycles. The van der Waals surface area contributed by atoms with Crippen LogP contribution in [0.4, 0.5) is 0 Å². The predicted molar refractivity (Wildman–Crippen MR) is 65.6 cm³/mol. The van der Waals surface area contributed by atoms with Gasteiger partial charge in [0.15, 0.2) is 0 Å². The number of para-hydroxylation sites is 1. The second-order valence-electron chi connectivity index (χ2n) is 4.12. The van der Waals surface area contributed by atoms with Crippen LogP contribution in [0.15, 0.2) is 39.5 Å². The van der Waals surface area contributed by atoms with Gasteiger partial charge in [0.05, 0.1) is 11.0 Å². The molecule has 2 aromatic heterocycles. The molecule has 0 aliphatic heterocycles. The minimum Gasteiger partial charge on any atom is -0.445 e. The number of aromatic nitrogens is 2. The van der Waals surface area contributed by atoms with Gasteiger partial charge < -0.3 is 9.40 Å². The van der Waals surface area contributed by atoms with Gasteiger partial charge in [0.1, 0.15) is 5.76 Å². The molecule has 17 heavy (non-hydrogen) atoms. The average Bonchev–Trinajstić information content (AvgIpc) is 2.82. The van der Waals surface area contributed by atoms with Crippen molar-refractivity contribution in [2.24, 2.45) is 0 Å². The predicted octanol–water partition coefficient (Wildman–Crippen LogP) is 2.53. The van der Waals surface area contributed by atoms with E-state index in [0.29, 0.717) is 5.88 Å². The third-order valence-electron chi connectivity index (χ3n) is 2.87. The number of hydrogen-bond acceptors (Lipinski definition) is 2. The normalized spacial score (nSPS) is 11.2. The monoisotopic (exact) mass is 228 g/mol. The van der Waals surface area contributed by atoms with Gasteiger partial charge in [-0.15, -0.1) is 0 Å². The number of H-pyrrole nitrogens is 1. The third kappa shape index (κ3) is 1.41. The first-order valence-electron chi connectivity index (χ1n) is 5.44. The highest BCUT2D eigenvalue weighted by Crippen LogP contribution is 2.19. The van der Waals surface area contributed by atoms with Crippen LogP contribution in [0.3, 0.4) is 0 Å². The first-order valence-corrected chi connectivity index (χ1v) is 5.44. The van der Waals surface area contributed by atoms with E-state index >= 15 is 0 Å². The van der Waals surface area contributed by atoms with Gasteiger partial charge in [-0.2, -0.15) is 0 Å². The molecular weight excluding hydrogens is 216 g/mol. The zero-order valence-electron chi connectivity index (χ0n) is 9.65. The number of aryl methyl sites for hydroxylation is 2. The highest BCUT2D eigenvalue weighted by atomic mass is 16.4. The summed E-state index contributed by atoms with van der Waals surface area (Å²) in [6, 6.07) is 9.44. The summed E-state index contributed by atoms with van der Waals surface area (Å²) < 4.78 is 7.05. The lowest BCUT2D eigenvalue weighted by Crippen LogP contribution is -2.13. The molecule has 0 bridgehead atoms. The van der Waals surface area contributed by atoms with Crippen molar-refractivity contribution >= 4 is 11.0 Å². The van der Waals surface area contributed by atoms with Crippen LogP contribution in [0.1, 0.15) is 11.3 Å². The Bertz CT molecular complexity index is 746. The minimum absolute atomic E-state index is 0.177. The number of imidazole rings is 1. The van der Waals surface area contributed by atoms with Crippen molar-refractivity contribution in [2.45, 2.75) is 13.8 Å². The van der Waals surface area contributed by atoms with Crippen molar-refractivity contribution in [3.8, 4) is 5.88 Å². The largest absolute Gasteiger partial charge is 0.445 e. The number of nitrogens with zero attached hydrogens (tertiary/aromatic N) is 1. The molecule has 0 saturated heterocycles. The van der Waals surface area contributed by atoms with Gasteiger partial charge in [0.2, 0.25) is 5.88 Å². The number of aromatic amines is 1. The first-order chi connectivity index (χ1) is 8.16. The van der Waals surface area contributed by atoms with Gasteiger partial charge in [0, 0.05) is 6.07 Å². The number of furan rings is 1. The van der Waals surface area contributed by atoms with E-state index in [4.69, 9.17) is 4.42 Å². The lowest BCUT2D eigenvalue weighted by Gasteiger charge is -1.99. The molecule has 86 valence electrons. The summed E-state index contributed by atoms with van der Waals surface area (Å²) in [5.74, 6) is 1.33. The van der Waals surface area contributed by atoms with E-state index in [2.05, 4.69) is 4.98 Å². The van der Waals surface area contributed by atoms with Crippen LogP contribution in [-0.4, -0.2) is 9.55 Å². The smallest absolute Gasteiger partial charge is 0.333 e. The molecule has 0 atom stereocenters. The maximum Gasteiger partial charge on any atom is 0.333 e. The van der Waals surface area contributed by atoms with Crippen LogP contribution in [0, 0.1) is 13.8 Å². The van der Waals surface area contributed by atoms with Gasteiger partial charge in [0.25, 0.3) is 0 Å². The Morgan fingerprint density at radius 3 is 2.71 bits per heavy atom. The van der Waals surface area contributed by atoms with Crippen LogP contribution < -0.4 is 5.69 Å². The van der Waals surface area contributed by atoms with Gasteiger partial charge >= 0.3 is 5.69 Å². The lowest BCUT2D eigenvalue weighted by molar-refractivity contribution is 0.510. The van der Waals surface area contributed by atoms with E-state index in [1.165, 1.54) is 0 Å². The molecule has 0 spiro atoms. The van der Waals surface area contributed by atoms with E-state index in [1.54, 1.807) is 10.6 Å². The lowest BCUT2D eigenvalue weighted by atomic mass is 10.2. The maximum absolute atomic E-state index is 11.9. The fraction of sp³-hybridized carbons (Fsp3) is 0.154. The van der Waals surface area contributed by atoms with E-state index in [9.17, 15) is 4.79 Å². The molecule has 3 aromatic rings. The number of benzene rings is 1. The van der Waals surface area contributed by atoms with E-state index in [1.807, 2.05) is 38.1 Å². The van der Waals surface area contributed by atoms with E-state index in [0.717, 1.165) is 22.4 Å². The topological polar surface area (TPSA) is 50.9 Å². The summed E-state index contributed by atoms with van der Waals surface area (Å²) in [5, 5.41) is 0. The molecule has 0 amide bonds. The third-order valence-corrected chi connectivity index (χ3v) is 2.87. The van der Waals surface area contributed by atoms with Crippen LogP contribution in [0.2, 0.25) is 0 Å². The zero-order chi connectivity index (χ0) is 12.0. The fourth-order valence-corrected chi connectivity index (χ4v) is 2.03. The Balaban J connectivity index is 2.40. The van der Waals surface area contributed by atoms with Gasteiger partial charge in [-0.25, -0.2) is 9.36 Å². The van der Waals surface area contributed by atoms with Gasteiger partial charge in [-0.05, 0) is 31.5 Å². The zero-order valence-corrected chi connectivity index (χ0v) is 9.65. The number of rotatable bonds is 1. The second-order valence-corrected chi connectivity index (χ2v) is 4.12. The summed E-state index contributed by atoms with van der Waals surface area (Å²) in [4.78, 5) is 14.8.